The zero-order valence-electron chi connectivity index (χ0n) is 7.17. The van der Waals surface area contributed by atoms with Crippen molar-refractivity contribution in [2.24, 2.45) is 0 Å². The van der Waals surface area contributed by atoms with Crippen LogP contribution in [0.2, 0.25) is 0 Å². The zero-order valence-corrected chi connectivity index (χ0v) is 7.17. The molecule has 1 aromatic carbocycles. The lowest BCUT2D eigenvalue weighted by Crippen LogP contribution is -2.08. The number of halogens is 1. The Morgan fingerprint density at radius 2 is 2.31 bits per heavy atom. The van der Waals surface area contributed by atoms with E-state index in [2.05, 4.69) is 5.32 Å². The van der Waals surface area contributed by atoms with Crippen LogP contribution in [0.3, 0.4) is 0 Å². The molecule has 0 atom stereocenters. The molecule has 0 aliphatic heterocycles. The molecule has 4 heteroatoms. The molecule has 0 heterocycles. The Labute approximate surface area is 75.2 Å². The summed E-state index contributed by atoms with van der Waals surface area (Å²) < 4.78 is 13.0. The quantitative estimate of drug-likeness (QED) is 0.741. The predicted octanol–water partition coefficient (Wildman–Crippen LogP) is 1.24. The molecule has 3 nitrogen and oxygen atoms in total. The van der Waals surface area contributed by atoms with Crippen LogP contribution in [-0.4, -0.2) is 18.1 Å². The number of nitrogens with one attached hydrogen (secondary N) is 1. The van der Waals surface area contributed by atoms with Gasteiger partial charge in [0.2, 0.25) is 0 Å². The van der Waals surface area contributed by atoms with Crippen molar-refractivity contribution in [2.75, 3.05) is 7.05 Å². The molecule has 1 aromatic rings. The molecule has 0 aliphatic carbocycles. The fourth-order valence-corrected chi connectivity index (χ4v) is 1.03. The molecule has 13 heavy (non-hydrogen) atoms. The molecule has 0 aliphatic rings. The average Bonchev–Trinajstić information content (AvgIpc) is 2.08. The monoisotopic (exact) mass is 183 g/mol. The zero-order chi connectivity index (χ0) is 9.84. The first-order chi connectivity index (χ1) is 6.15. The summed E-state index contributed by atoms with van der Waals surface area (Å²) >= 11 is 0. The molecule has 0 saturated heterocycles. The van der Waals surface area contributed by atoms with E-state index in [4.69, 9.17) is 5.11 Å². The van der Waals surface area contributed by atoms with Gasteiger partial charge in [-0.05, 0) is 25.2 Å². The van der Waals surface area contributed by atoms with Gasteiger partial charge in [0.05, 0.1) is 5.56 Å². The number of benzene rings is 1. The van der Waals surface area contributed by atoms with Gasteiger partial charge >= 0.3 is 5.97 Å². The standard InChI is InChI=1S/C9H10FNO2/c1-11-5-7-4-6(9(12)13)2-3-8(7)10/h2-4,11H,5H2,1H3,(H,12,13). The minimum atomic E-state index is -1.04. The molecule has 0 saturated carbocycles. The summed E-state index contributed by atoms with van der Waals surface area (Å²) in [6.07, 6.45) is 0. The number of carboxylic acid groups (broad SMARTS) is 1. The number of carboxylic acids is 1. The van der Waals surface area contributed by atoms with Crippen LogP contribution in [0.25, 0.3) is 0 Å². The van der Waals surface area contributed by atoms with E-state index in [1.54, 1.807) is 7.05 Å². The molecular formula is C9H10FNO2. The van der Waals surface area contributed by atoms with Crippen LogP contribution in [0.4, 0.5) is 4.39 Å². The van der Waals surface area contributed by atoms with Gasteiger partial charge < -0.3 is 10.4 Å². The number of hydrogen-bond donors (Lipinski definition) is 2. The molecule has 0 spiro atoms. The second kappa shape index (κ2) is 4.00. The molecule has 0 radical (unpaired) electrons. The maximum atomic E-state index is 13.0. The molecule has 0 amide bonds. The van der Waals surface area contributed by atoms with Crippen molar-refractivity contribution in [3.05, 3.63) is 35.1 Å². The van der Waals surface area contributed by atoms with E-state index in [0.717, 1.165) is 6.07 Å². The fraction of sp³-hybridized carbons (Fsp3) is 0.222. The summed E-state index contributed by atoms with van der Waals surface area (Å²) in [6.45, 7) is 0.326. The molecule has 2 N–H and O–H groups in total. The smallest absolute Gasteiger partial charge is 0.335 e. The maximum Gasteiger partial charge on any atom is 0.335 e. The van der Waals surface area contributed by atoms with Gasteiger partial charge in [0.15, 0.2) is 0 Å². The lowest BCUT2D eigenvalue weighted by Gasteiger charge is -2.02. The van der Waals surface area contributed by atoms with Crippen LogP contribution in [0.1, 0.15) is 15.9 Å². The SMILES string of the molecule is CNCc1cc(C(=O)O)ccc1F. The maximum absolute atomic E-state index is 13.0. The lowest BCUT2D eigenvalue weighted by atomic mass is 10.1. The van der Waals surface area contributed by atoms with Gasteiger partial charge in [-0.1, -0.05) is 0 Å². The van der Waals surface area contributed by atoms with E-state index < -0.39 is 5.97 Å². The van der Waals surface area contributed by atoms with E-state index in [1.807, 2.05) is 0 Å². The second-order valence-corrected chi connectivity index (χ2v) is 2.64. The van der Waals surface area contributed by atoms with Crippen LogP contribution in [0.5, 0.6) is 0 Å². The van der Waals surface area contributed by atoms with Crippen LogP contribution >= 0.6 is 0 Å². The number of rotatable bonds is 3. The summed E-state index contributed by atoms with van der Waals surface area (Å²) in [5.74, 6) is -1.43. The van der Waals surface area contributed by atoms with E-state index >= 15 is 0 Å². The Morgan fingerprint density at radius 3 is 2.85 bits per heavy atom. The largest absolute Gasteiger partial charge is 0.478 e. The van der Waals surface area contributed by atoms with Crippen LogP contribution in [0.15, 0.2) is 18.2 Å². The van der Waals surface area contributed by atoms with Gasteiger partial charge in [-0.2, -0.15) is 0 Å². The van der Waals surface area contributed by atoms with Crippen molar-refractivity contribution in [1.29, 1.82) is 0 Å². The molecule has 0 unspecified atom stereocenters. The summed E-state index contributed by atoms with van der Waals surface area (Å²) in [4.78, 5) is 10.5. The van der Waals surface area contributed by atoms with E-state index in [1.165, 1.54) is 12.1 Å². The molecule has 1 rings (SSSR count). The molecule has 0 bridgehead atoms. The number of aromatic carboxylic acids is 1. The van der Waals surface area contributed by atoms with Gasteiger partial charge in [0, 0.05) is 12.1 Å². The second-order valence-electron chi connectivity index (χ2n) is 2.64. The Bertz CT molecular complexity index is 325. The van der Waals surface area contributed by atoms with E-state index in [9.17, 15) is 9.18 Å². The van der Waals surface area contributed by atoms with Crippen LogP contribution < -0.4 is 5.32 Å². The summed E-state index contributed by atoms with van der Waals surface area (Å²) in [6, 6.07) is 3.74. The van der Waals surface area contributed by atoms with Gasteiger partial charge in [0.25, 0.3) is 0 Å². The molecule has 0 aromatic heterocycles. The van der Waals surface area contributed by atoms with Crippen molar-refractivity contribution >= 4 is 5.97 Å². The van der Waals surface area contributed by atoms with E-state index in [-0.39, 0.29) is 11.4 Å². The van der Waals surface area contributed by atoms with Crippen molar-refractivity contribution in [3.8, 4) is 0 Å². The van der Waals surface area contributed by atoms with E-state index in [0.29, 0.717) is 12.1 Å². The van der Waals surface area contributed by atoms with Gasteiger partial charge in [-0.3, -0.25) is 0 Å². The fourth-order valence-electron chi connectivity index (χ4n) is 1.03. The van der Waals surface area contributed by atoms with Crippen LogP contribution in [0, 0.1) is 5.82 Å². The third-order valence-corrected chi connectivity index (χ3v) is 1.66. The highest BCUT2D eigenvalue weighted by Crippen LogP contribution is 2.10. The van der Waals surface area contributed by atoms with Gasteiger partial charge in [-0.15, -0.1) is 0 Å². The number of hydrogen-bond acceptors (Lipinski definition) is 2. The van der Waals surface area contributed by atoms with Gasteiger partial charge in [-0.25, -0.2) is 9.18 Å². The molecule has 70 valence electrons. The third-order valence-electron chi connectivity index (χ3n) is 1.66. The normalized spacial score (nSPS) is 10.0. The number of carbonyl (C=O) groups is 1. The highest BCUT2D eigenvalue weighted by atomic mass is 19.1. The summed E-state index contributed by atoms with van der Waals surface area (Å²) in [5.41, 5.74) is 0.467. The molecular weight excluding hydrogens is 173 g/mol. The minimum Gasteiger partial charge on any atom is -0.478 e. The van der Waals surface area contributed by atoms with Crippen LogP contribution in [-0.2, 0) is 6.54 Å². The first-order valence-corrected chi connectivity index (χ1v) is 3.81. The first kappa shape index (κ1) is 9.67. The minimum absolute atomic E-state index is 0.103. The summed E-state index contributed by atoms with van der Waals surface area (Å²) in [7, 11) is 1.67. The molecule has 0 fully saturated rings. The Kier molecular flexibility index (Phi) is 2.97. The van der Waals surface area contributed by atoms with Crippen molar-refractivity contribution in [2.45, 2.75) is 6.54 Å². The average molecular weight is 183 g/mol. The first-order valence-electron chi connectivity index (χ1n) is 3.81. The van der Waals surface area contributed by atoms with Crippen molar-refractivity contribution < 1.29 is 14.3 Å². The Morgan fingerprint density at radius 1 is 1.62 bits per heavy atom. The lowest BCUT2D eigenvalue weighted by molar-refractivity contribution is 0.0696. The van der Waals surface area contributed by atoms with Crippen molar-refractivity contribution in [3.63, 3.8) is 0 Å². The predicted molar refractivity (Wildman–Crippen MR) is 46.1 cm³/mol. The summed E-state index contributed by atoms with van der Waals surface area (Å²) in [5, 5.41) is 11.4. The Balaban J connectivity index is 3.03. The van der Waals surface area contributed by atoms with Gasteiger partial charge in [0.1, 0.15) is 5.82 Å². The topological polar surface area (TPSA) is 49.3 Å². The highest BCUT2D eigenvalue weighted by Gasteiger charge is 2.06. The highest BCUT2D eigenvalue weighted by molar-refractivity contribution is 5.87. The van der Waals surface area contributed by atoms with Crippen molar-refractivity contribution in [1.82, 2.24) is 5.32 Å². The third kappa shape index (κ3) is 2.26. The Hall–Kier alpha value is -1.42.